The van der Waals surface area contributed by atoms with Crippen LogP contribution < -0.4 is 16.4 Å². The van der Waals surface area contributed by atoms with Crippen LogP contribution in [0, 0.1) is 12.3 Å². The number of urea groups is 1. The molecule has 0 aliphatic heterocycles. The van der Waals surface area contributed by atoms with Crippen LogP contribution in [0.5, 0.6) is 0 Å². The van der Waals surface area contributed by atoms with E-state index in [0.29, 0.717) is 17.8 Å². The van der Waals surface area contributed by atoms with Crippen LogP contribution in [0.25, 0.3) is 0 Å². The first-order chi connectivity index (χ1) is 8.06. The predicted molar refractivity (Wildman–Crippen MR) is 69.5 cm³/mol. The third-order valence-electron chi connectivity index (χ3n) is 2.33. The minimum Gasteiger partial charge on any atom is -0.384 e. The van der Waals surface area contributed by atoms with Crippen molar-refractivity contribution < 1.29 is 4.79 Å². The van der Waals surface area contributed by atoms with Gasteiger partial charge in [-0.05, 0) is 25.0 Å². The Morgan fingerprint density at radius 1 is 1.47 bits per heavy atom. The van der Waals surface area contributed by atoms with E-state index < -0.39 is 0 Å². The molecule has 0 bridgehead atoms. The van der Waals surface area contributed by atoms with Gasteiger partial charge in [0.15, 0.2) is 0 Å². The maximum Gasteiger partial charge on any atom is 0.319 e. The van der Waals surface area contributed by atoms with Crippen molar-refractivity contribution in [1.82, 2.24) is 5.32 Å². The molecule has 5 N–H and O–H groups in total. The molecule has 0 spiro atoms. The average molecular weight is 234 g/mol. The van der Waals surface area contributed by atoms with Gasteiger partial charge in [-0.2, -0.15) is 0 Å². The van der Waals surface area contributed by atoms with Crippen LogP contribution in [0.2, 0.25) is 0 Å². The number of hydrogen-bond donors (Lipinski definition) is 4. The summed E-state index contributed by atoms with van der Waals surface area (Å²) < 4.78 is 0. The van der Waals surface area contributed by atoms with Crippen molar-refractivity contribution in [2.75, 3.05) is 11.9 Å². The van der Waals surface area contributed by atoms with Crippen molar-refractivity contribution in [2.45, 2.75) is 20.3 Å². The quantitative estimate of drug-likeness (QED) is 0.472. The molecule has 0 heterocycles. The van der Waals surface area contributed by atoms with Crippen LogP contribution in [0.15, 0.2) is 18.2 Å². The fourth-order valence-corrected chi connectivity index (χ4v) is 1.53. The lowest BCUT2D eigenvalue weighted by molar-refractivity contribution is 0.252. The molecule has 5 heteroatoms. The van der Waals surface area contributed by atoms with Crippen molar-refractivity contribution in [3.63, 3.8) is 0 Å². The molecule has 2 amide bonds. The van der Waals surface area contributed by atoms with Gasteiger partial charge in [0.05, 0.1) is 5.69 Å². The van der Waals surface area contributed by atoms with Crippen LogP contribution in [-0.2, 0) is 0 Å². The highest BCUT2D eigenvalue weighted by molar-refractivity contribution is 6.05. The summed E-state index contributed by atoms with van der Waals surface area (Å²) in [6.45, 7) is 4.45. The number of rotatable bonds is 4. The summed E-state index contributed by atoms with van der Waals surface area (Å²) in [5.41, 5.74) is 7.50. The molecule has 0 saturated carbocycles. The van der Waals surface area contributed by atoms with Crippen LogP contribution in [0.4, 0.5) is 10.5 Å². The number of aryl methyl sites for hydroxylation is 1. The molecule has 0 aliphatic rings. The lowest BCUT2D eigenvalue weighted by Crippen LogP contribution is -2.30. The smallest absolute Gasteiger partial charge is 0.319 e. The van der Waals surface area contributed by atoms with Gasteiger partial charge in [0.25, 0.3) is 0 Å². The van der Waals surface area contributed by atoms with E-state index in [1.807, 2.05) is 26.0 Å². The molecule has 5 nitrogen and oxygen atoms in total. The summed E-state index contributed by atoms with van der Waals surface area (Å²) in [5.74, 6) is -0.0473. The first kappa shape index (κ1) is 13.0. The SMILES string of the molecule is CCCNC(=O)Nc1cccc(C)c1C(=N)N. The van der Waals surface area contributed by atoms with Gasteiger partial charge in [0, 0.05) is 12.1 Å². The Bertz CT molecular complexity index is 429. The van der Waals surface area contributed by atoms with E-state index in [1.54, 1.807) is 6.07 Å². The van der Waals surface area contributed by atoms with Crippen molar-refractivity contribution in [2.24, 2.45) is 5.73 Å². The Labute approximate surface area is 101 Å². The van der Waals surface area contributed by atoms with Crippen molar-refractivity contribution in [3.05, 3.63) is 29.3 Å². The number of nitrogens with two attached hydrogens (primary N) is 1. The van der Waals surface area contributed by atoms with E-state index in [0.717, 1.165) is 12.0 Å². The highest BCUT2D eigenvalue weighted by Gasteiger charge is 2.10. The fraction of sp³-hybridized carbons (Fsp3) is 0.333. The first-order valence-corrected chi connectivity index (χ1v) is 5.55. The van der Waals surface area contributed by atoms with E-state index in [4.69, 9.17) is 11.1 Å². The van der Waals surface area contributed by atoms with Crippen molar-refractivity contribution >= 4 is 17.6 Å². The monoisotopic (exact) mass is 234 g/mol. The number of hydrogen-bond acceptors (Lipinski definition) is 2. The van der Waals surface area contributed by atoms with E-state index in [2.05, 4.69) is 10.6 Å². The molecule has 0 fully saturated rings. The second-order valence-electron chi connectivity index (χ2n) is 3.79. The van der Waals surface area contributed by atoms with Crippen LogP contribution in [0.3, 0.4) is 0 Å². The number of carbonyl (C=O) groups excluding carboxylic acids is 1. The zero-order valence-corrected chi connectivity index (χ0v) is 10.1. The highest BCUT2D eigenvalue weighted by atomic mass is 16.2. The van der Waals surface area contributed by atoms with Crippen molar-refractivity contribution in [3.8, 4) is 0 Å². The normalized spacial score (nSPS) is 9.76. The Kier molecular flexibility index (Phi) is 4.51. The van der Waals surface area contributed by atoms with E-state index >= 15 is 0 Å². The summed E-state index contributed by atoms with van der Waals surface area (Å²) in [5, 5.41) is 12.9. The number of amidine groups is 1. The van der Waals surface area contributed by atoms with E-state index in [1.165, 1.54) is 0 Å². The molecule has 0 atom stereocenters. The van der Waals surface area contributed by atoms with Crippen molar-refractivity contribution in [1.29, 1.82) is 5.41 Å². The number of anilines is 1. The standard InChI is InChI=1S/C12H18N4O/c1-3-7-15-12(17)16-9-6-4-5-8(2)10(9)11(13)14/h4-6H,3,7H2,1-2H3,(H3,13,14)(H2,15,16,17). The topological polar surface area (TPSA) is 91.0 Å². The molecule has 0 radical (unpaired) electrons. The zero-order valence-electron chi connectivity index (χ0n) is 10.1. The van der Waals surface area contributed by atoms with Gasteiger partial charge in [-0.1, -0.05) is 19.1 Å². The number of carbonyl (C=O) groups is 1. The Hall–Kier alpha value is -2.04. The molecule has 17 heavy (non-hydrogen) atoms. The van der Waals surface area contributed by atoms with Gasteiger partial charge < -0.3 is 16.4 Å². The molecule has 92 valence electrons. The molecular weight excluding hydrogens is 216 g/mol. The molecular formula is C12H18N4O. The number of nitrogens with one attached hydrogen (secondary N) is 3. The van der Waals surface area contributed by atoms with Gasteiger partial charge in [-0.15, -0.1) is 0 Å². The first-order valence-electron chi connectivity index (χ1n) is 5.55. The van der Waals surface area contributed by atoms with Gasteiger partial charge in [-0.25, -0.2) is 4.79 Å². The Morgan fingerprint density at radius 3 is 2.76 bits per heavy atom. The molecule has 1 aromatic rings. The molecule has 0 unspecified atom stereocenters. The van der Waals surface area contributed by atoms with Gasteiger partial charge >= 0.3 is 6.03 Å². The Balaban J connectivity index is 2.87. The minimum absolute atomic E-state index is 0.0473. The van der Waals surface area contributed by atoms with E-state index in [9.17, 15) is 4.79 Å². The molecule has 1 aromatic carbocycles. The number of amides is 2. The summed E-state index contributed by atoms with van der Waals surface area (Å²) in [6, 6.07) is 5.12. The van der Waals surface area contributed by atoms with Crippen LogP contribution >= 0.6 is 0 Å². The average Bonchev–Trinajstić information content (AvgIpc) is 2.25. The lowest BCUT2D eigenvalue weighted by Gasteiger charge is -2.12. The third kappa shape index (κ3) is 3.48. The second-order valence-corrected chi connectivity index (χ2v) is 3.79. The summed E-state index contributed by atoms with van der Waals surface area (Å²) in [4.78, 5) is 11.5. The summed E-state index contributed by atoms with van der Waals surface area (Å²) in [6.07, 6.45) is 0.876. The Morgan fingerprint density at radius 2 is 2.18 bits per heavy atom. The van der Waals surface area contributed by atoms with Gasteiger partial charge in [-0.3, -0.25) is 5.41 Å². The maximum absolute atomic E-state index is 11.5. The fourth-order valence-electron chi connectivity index (χ4n) is 1.53. The van der Waals surface area contributed by atoms with Gasteiger partial charge in [0.2, 0.25) is 0 Å². The number of nitrogen functional groups attached to an aromatic ring is 1. The van der Waals surface area contributed by atoms with Crippen LogP contribution in [0.1, 0.15) is 24.5 Å². The molecule has 1 rings (SSSR count). The molecule has 0 aromatic heterocycles. The summed E-state index contributed by atoms with van der Waals surface area (Å²) in [7, 11) is 0. The minimum atomic E-state index is -0.278. The highest BCUT2D eigenvalue weighted by Crippen LogP contribution is 2.18. The molecule has 0 aliphatic carbocycles. The predicted octanol–water partition coefficient (Wildman–Crippen LogP) is 1.81. The largest absolute Gasteiger partial charge is 0.384 e. The third-order valence-corrected chi connectivity index (χ3v) is 2.33. The lowest BCUT2D eigenvalue weighted by atomic mass is 10.1. The number of benzene rings is 1. The van der Waals surface area contributed by atoms with Crippen LogP contribution in [-0.4, -0.2) is 18.4 Å². The second kappa shape index (κ2) is 5.89. The zero-order chi connectivity index (χ0) is 12.8. The van der Waals surface area contributed by atoms with Gasteiger partial charge in [0.1, 0.15) is 5.84 Å². The summed E-state index contributed by atoms with van der Waals surface area (Å²) >= 11 is 0. The molecule has 0 saturated heterocycles. The van der Waals surface area contributed by atoms with E-state index in [-0.39, 0.29) is 11.9 Å². The maximum atomic E-state index is 11.5.